The molecule has 2 nitrogen and oxygen atoms in total. The largest absolute Gasteiger partial charge is 0.393 e. The van der Waals surface area contributed by atoms with Crippen molar-refractivity contribution in [3.8, 4) is 0 Å². The molecule has 2 unspecified atom stereocenters. The molecular formula is C29H68IrO2P2+2. The Morgan fingerprint density at radius 3 is 0.706 bits per heavy atom. The molecule has 0 saturated carbocycles. The van der Waals surface area contributed by atoms with Gasteiger partial charge in [0.05, 0.1) is 49.2 Å². The molecule has 0 aromatic heterocycles. The van der Waals surface area contributed by atoms with E-state index in [1.54, 1.807) is 50.8 Å². The van der Waals surface area contributed by atoms with Gasteiger partial charge in [-0.2, -0.15) is 0 Å². The Hall–Kier alpha value is 1.43. The van der Waals surface area contributed by atoms with Crippen molar-refractivity contribution in [1.29, 1.82) is 0 Å². The van der Waals surface area contributed by atoms with Crippen LogP contribution in [0, 0.1) is 0 Å². The fraction of sp³-hybridized carbons (Fsp3) is 1.00. The summed E-state index contributed by atoms with van der Waals surface area (Å²) in [5.74, 6) is 0. The van der Waals surface area contributed by atoms with Crippen molar-refractivity contribution in [3.05, 3.63) is 0 Å². The van der Waals surface area contributed by atoms with Gasteiger partial charge in [-0.15, -0.1) is 0 Å². The van der Waals surface area contributed by atoms with Crippen molar-refractivity contribution < 1.29 is 30.3 Å². The van der Waals surface area contributed by atoms with Crippen LogP contribution >= 0.6 is 15.8 Å². The van der Waals surface area contributed by atoms with Crippen LogP contribution < -0.4 is 0 Å². The van der Waals surface area contributed by atoms with E-state index in [0.717, 1.165) is 0 Å². The zero-order chi connectivity index (χ0) is 25.7. The average molecular weight is 703 g/mol. The Kier molecular flexibility index (Phi) is 45.7. The van der Waals surface area contributed by atoms with Crippen LogP contribution in [0.5, 0.6) is 0 Å². The summed E-state index contributed by atoms with van der Waals surface area (Å²) in [6.45, 7) is 17.2. The van der Waals surface area contributed by atoms with E-state index in [1.807, 2.05) is 0 Å². The van der Waals surface area contributed by atoms with Gasteiger partial charge in [0.15, 0.2) is 0 Å². The SMILES string of the molecule is CC(O)CC(C)O.CCCC[PH+](CCCC)CCCC.CCCC[PH+](CCCC)CCCC.[Ir]. The van der Waals surface area contributed by atoms with E-state index in [9.17, 15) is 0 Å². The molecule has 0 bridgehead atoms. The quantitative estimate of drug-likeness (QED) is 0.124. The van der Waals surface area contributed by atoms with E-state index < -0.39 is 0 Å². The van der Waals surface area contributed by atoms with Gasteiger partial charge in [0.25, 0.3) is 0 Å². The third-order valence-corrected chi connectivity index (χ3v) is 12.3. The summed E-state index contributed by atoms with van der Waals surface area (Å²) in [6.07, 6.45) is 26.5. The summed E-state index contributed by atoms with van der Waals surface area (Å²) in [5.41, 5.74) is 0. The van der Waals surface area contributed by atoms with Crippen LogP contribution in [0.3, 0.4) is 0 Å². The minimum absolute atomic E-state index is 0. The van der Waals surface area contributed by atoms with Crippen molar-refractivity contribution in [1.82, 2.24) is 0 Å². The number of unbranched alkanes of at least 4 members (excludes halogenated alkanes) is 6. The van der Waals surface area contributed by atoms with Crippen LogP contribution in [-0.2, 0) is 20.1 Å². The molecule has 2 N–H and O–H groups in total. The molecule has 0 fully saturated rings. The predicted molar refractivity (Wildman–Crippen MR) is 163 cm³/mol. The monoisotopic (exact) mass is 703 g/mol. The minimum Gasteiger partial charge on any atom is -0.393 e. The second kappa shape index (κ2) is 36.6. The second-order valence-electron chi connectivity index (χ2n) is 10.1. The first-order valence-electron chi connectivity index (χ1n) is 14.9. The van der Waals surface area contributed by atoms with Crippen LogP contribution in [-0.4, -0.2) is 59.4 Å². The van der Waals surface area contributed by atoms with Gasteiger partial charge in [-0.3, -0.25) is 0 Å². The zero-order valence-corrected chi connectivity index (χ0v) is 29.2. The maximum absolute atomic E-state index is 8.56. The Bertz CT molecular complexity index is 263. The van der Waals surface area contributed by atoms with E-state index >= 15 is 0 Å². The number of hydrogen-bond acceptors (Lipinski definition) is 2. The minimum atomic E-state index is -0.375. The van der Waals surface area contributed by atoms with Crippen molar-refractivity contribution in [3.63, 3.8) is 0 Å². The first kappa shape index (κ1) is 42.5. The molecule has 0 heterocycles. The van der Waals surface area contributed by atoms with E-state index in [0.29, 0.717) is 6.42 Å². The summed E-state index contributed by atoms with van der Waals surface area (Å²) in [4.78, 5) is 0. The molecule has 0 saturated heterocycles. The fourth-order valence-corrected chi connectivity index (χ4v) is 10.4. The molecular weight excluding hydrogens is 634 g/mol. The molecule has 34 heavy (non-hydrogen) atoms. The number of rotatable bonds is 20. The number of aliphatic hydroxyl groups is 2. The Balaban J connectivity index is -0.000000205. The Labute approximate surface area is 233 Å². The van der Waals surface area contributed by atoms with Crippen LogP contribution in [0.4, 0.5) is 0 Å². The summed E-state index contributed by atoms with van der Waals surface area (Å²) >= 11 is 0. The van der Waals surface area contributed by atoms with Gasteiger partial charge in [-0.25, -0.2) is 0 Å². The van der Waals surface area contributed by atoms with Gasteiger partial charge in [-0.05, 0) is 58.8 Å². The van der Waals surface area contributed by atoms with Crippen LogP contribution in [0.2, 0.25) is 0 Å². The summed E-state index contributed by atoms with van der Waals surface area (Å²) < 4.78 is 0. The average Bonchev–Trinajstić information content (AvgIpc) is 2.78. The number of hydrogen-bond donors (Lipinski definition) is 2. The van der Waals surface area contributed by atoms with Crippen molar-refractivity contribution in [2.45, 2.75) is 151 Å². The number of aliphatic hydroxyl groups excluding tert-OH is 2. The zero-order valence-electron chi connectivity index (χ0n) is 24.8. The van der Waals surface area contributed by atoms with Gasteiger partial charge in [-0.1, -0.05) is 80.1 Å². The van der Waals surface area contributed by atoms with Gasteiger partial charge < -0.3 is 10.2 Å². The van der Waals surface area contributed by atoms with Crippen molar-refractivity contribution in [2.24, 2.45) is 0 Å². The molecule has 0 aromatic rings. The second-order valence-corrected chi connectivity index (χ2v) is 16.1. The summed E-state index contributed by atoms with van der Waals surface area (Å²) in [6, 6.07) is 0. The topological polar surface area (TPSA) is 40.5 Å². The summed E-state index contributed by atoms with van der Waals surface area (Å²) in [7, 11) is 0.135. The van der Waals surface area contributed by atoms with E-state index in [2.05, 4.69) is 41.5 Å². The molecule has 1 radical (unpaired) electrons. The molecule has 2 atom stereocenters. The maximum atomic E-state index is 8.56. The third-order valence-electron chi connectivity index (χ3n) is 5.99. The third kappa shape index (κ3) is 40.6. The molecule has 5 heteroatoms. The Morgan fingerprint density at radius 1 is 0.441 bits per heavy atom. The molecule has 0 aliphatic rings. The molecule has 0 aliphatic heterocycles. The van der Waals surface area contributed by atoms with E-state index in [1.165, 1.54) is 77.0 Å². The standard InChI is InChI=1S/2C12H27P.C5H12O2.Ir/c2*1-4-7-10-13(11-8-5-2)12-9-6-3;1-4(6)3-5(2)7;/h2*4-12H2,1-3H3;4-7H,3H2,1-2H3;/p+2. The molecule has 0 rings (SSSR count). The van der Waals surface area contributed by atoms with E-state index in [4.69, 9.17) is 10.2 Å². The fourth-order valence-electron chi connectivity index (χ4n) is 3.80. The smallest absolute Gasteiger partial charge is 0.0571 e. The predicted octanol–water partition coefficient (Wildman–Crippen LogP) is 9.34. The first-order chi connectivity index (χ1) is 15.8. The van der Waals surface area contributed by atoms with Crippen LogP contribution in [0.25, 0.3) is 0 Å². The summed E-state index contributed by atoms with van der Waals surface area (Å²) in [5, 5.41) is 17.1. The van der Waals surface area contributed by atoms with Gasteiger partial charge >= 0.3 is 0 Å². The molecule has 213 valence electrons. The maximum Gasteiger partial charge on any atom is 0.0571 e. The van der Waals surface area contributed by atoms with Crippen LogP contribution in [0.1, 0.15) is 139 Å². The van der Waals surface area contributed by atoms with E-state index in [-0.39, 0.29) is 48.2 Å². The first-order valence-corrected chi connectivity index (χ1v) is 19.1. The molecule has 0 amide bonds. The van der Waals surface area contributed by atoms with Crippen LogP contribution in [0.15, 0.2) is 0 Å². The van der Waals surface area contributed by atoms with Gasteiger partial charge in [0, 0.05) is 35.9 Å². The molecule has 0 spiro atoms. The molecule has 0 aliphatic carbocycles. The van der Waals surface area contributed by atoms with Crippen molar-refractivity contribution >= 4 is 15.8 Å². The molecule has 0 aromatic carbocycles. The normalized spacial score (nSPS) is 12.4. The van der Waals surface area contributed by atoms with Crippen molar-refractivity contribution in [2.75, 3.05) is 37.0 Å². The van der Waals surface area contributed by atoms with Gasteiger partial charge in [0.1, 0.15) is 0 Å². The Morgan fingerprint density at radius 2 is 0.618 bits per heavy atom. The van der Waals surface area contributed by atoms with Gasteiger partial charge in [0.2, 0.25) is 0 Å².